The number of nitrogen functional groups attached to an aromatic ring is 1. The summed E-state index contributed by atoms with van der Waals surface area (Å²) in [4.78, 5) is 73.1. The molecule has 0 radical (unpaired) electrons. The number of hydrogen-bond donors (Lipinski definition) is 5. The highest BCUT2D eigenvalue weighted by atomic mass is 16.5. The maximum Gasteiger partial charge on any atom is 0.354 e. The van der Waals surface area contributed by atoms with Gasteiger partial charge < -0.3 is 30.9 Å². The predicted molar refractivity (Wildman–Crippen MR) is 215 cm³/mol. The Kier molecular flexibility index (Phi) is 13.8. The number of anilines is 1. The molecule has 1 aromatic carbocycles. The maximum absolute atomic E-state index is 11.8. The fourth-order valence-corrected chi connectivity index (χ4v) is 6.29. The summed E-state index contributed by atoms with van der Waals surface area (Å²) in [5.74, 6) is -4.26. The second-order valence-electron chi connectivity index (χ2n) is 13.7. The Labute approximate surface area is 343 Å². The van der Waals surface area contributed by atoms with E-state index < -0.39 is 23.9 Å². The third kappa shape index (κ3) is 12.2. The Morgan fingerprint density at radius 2 is 0.800 bits per heavy atom. The van der Waals surface area contributed by atoms with Crippen molar-refractivity contribution in [3.8, 4) is 5.75 Å². The highest BCUT2D eigenvalue weighted by Gasteiger charge is 2.19. The van der Waals surface area contributed by atoms with E-state index >= 15 is 0 Å². The van der Waals surface area contributed by atoms with Crippen LogP contribution in [0.3, 0.4) is 0 Å². The molecule has 0 amide bonds. The van der Waals surface area contributed by atoms with Crippen molar-refractivity contribution in [2.45, 2.75) is 45.7 Å². The summed E-state index contributed by atoms with van der Waals surface area (Å²) in [6, 6.07) is 29.7. The zero-order valence-corrected chi connectivity index (χ0v) is 32.1. The van der Waals surface area contributed by atoms with Crippen LogP contribution in [-0.4, -0.2) is 85.6 Å². The molecular weight excluding hydrogens is 773 g/mol. The van der Waals surface area contributed by atoms with Gasteiger partial charge >= 0.3 is 23.9 Å². The zero-order valence-electron chi connectivity index (χ0n) is 32.1. The van der Waals surface area contributed by atoms with Gasteiger partial charge in [-0.2, -0.15) is 0 Å². The van der Waals surface area contributed by atoms with E-state index in [1.165, 1.54) is 24.3 Å². The van der Waals surface area contributed by atoms with Crippen LogP contribution in [0.15, 0.2) is 109 Å². The number of hydrogen-bond acceptors (Lipinski definition) is 13. The number of carboxylic acids is 4. The molecule has 6 aromatic rings. The first-order valence-electron chi connectivity index (χ1n) is 18.6. The molecule has 5 heterocycles. The van der Waals surface area contributed by atoms with Gasteiger partial charge in [-0.15, -0.1) is 0 Å². The fraction of sp³-hybridized carbons (Fsp3) is 0.186. The molecule has 0 fully saturated rings. The van der Waals surface area contributed by atoms with Gasteiger partial charge in [0.25, 0.3) is 0 Å². The number of pyridine rings is 5. The topological polar surface area (TPSA) is 255 Å². The normalized spacial score (nSPS) is 11.1. The van der Waals surface area contributed by atoms with E-state index in [9.17, 15) is 39.6 Å². The summed E-state index contributed by atoms with van der Waals surface area (Å²) in [6.07, 6.45) is 0.569. The van der Waals surface area contributed by atoms with Crippen LogP contribution < -0.4 is 10.5 Å². The van der Waals surface area contributed by atoms with E-state index in [1.54, 1.807) is 60.7 Å². The number of aromatic nitrogens is 5. The number of nitrogens with zero attached hydrogens (tertiary/aromatic N) is 7. The number of carbonyl (C=O) groups is 4. The van der Waals surface area contributed by atoms with E-state index in [0.717, 1.165) is 5.56 Å². The van der Waals surface area contributed by atoms with Crippen molar-refractivity contribution in [3.63, 3.8) is 0 Å². The van der Waals surface area contributed by atoms with Crippen molar-refractivity contribution in [3.05, 3.63) is 172 Å². The Morgan fingerprint density at radius 3 is 1.13 bits per heavy atom. The molecule has 0 unspecified atom stereocenters. The van der Waals surface area contributed by atoms with Crippen LogP contribution in [0.25, 0.3) is 0 Å². The molecule has 0 saturated heterocycles. The molecule has 17 nitrogen and oxygen atoms in total. The lowest BCUT2D eigenvalue weighted by molar-refractivity contribution is 0.0679. The zero-order chi connectivity index (χ0) is 42.6. The SMILES string of the molecule is Nc1ccc(CCOc2cc(CN(Cc3cccc(C(=O)O)n3)Cc3cccc(C(=O)O)n3)nc(CN(Cc3cccc(C(=O)O)n3)Cc3cccc(C(=O)O)n3)c2)cc1. The summed E-state index contributed by atoms with van der Waals surface area (Å²) in [5, 5.41) is 38.4. The minimum Gasteiger partial charge on any atom is -0.493 e. The smallest absolute Gasteiger partial charge is 0.354 e. The third-order valence-electron chi connectivity index (χ3n) is 8.96. The lowest BCUT2D eigenvalue weighted by atomic mass is 10.1. The highest BCUT2D eigenvalue weighted by Crippen LogP contribution is 2.22. The van der Waals surface area contributed by atoms with Crippen molar-refractivity contribution in [1.29, 1.82) is 0 Å². The highest BCUT2D eigenvalue weighted by molar-refractivity contribution is 5.86. The van der Waals surface area contributed by atoms with E-state index in [4.69, 9.17) is 15.5 Å². The fourth-order valence-electron chi connectivity index (χ4n) is 6.29. The Hall–Kier alpha value is -7.63. The molecule has 306 valence electrons. The first-order valence-corrected chi connectivity index (χ1v) is 18.6. The molecule has 60 heavy (non-hydrogen) atoms. The van der Waals surface area contributed by atoms with Crippen LogP contribution in [0.5, 0.6) is 5.75 Å². The van der Waals surface area contributed by atoms with Crippen molar-refractivity contribution < 1.29 is 44.3 Å². The molecular formula is C43H40N8O9. The molecule has 5 aromatic heterocycles. The van der Waals surface area contributed by atoms with Gasteiger partial charge in [0.15, 0.2) is 0 Å². The van der Waals surface area contributed by atoms with Crippen LogP contribution >= 0.6 is 0 Å². The monoisotopic (exact) mass is 812 g/mol. The maximum atomic E-state index is 11.8. The second-order valence-corrected chi connectivity index (χ2v) is 13.7. The van der Waals surface area contributed by atoms with Gasteiger partial charge in [-0.1, -0.05) is 36.4 Å². The molecule has 0 bridgehead atoms. The van der Waals surface area contributed by atoms with Crippen molar-refractivity contribution in [1.82, 2.24) is 34.7 Å². The number of rotatable bonds is 20. The van der Waals surface area contributed by atoms with Crippen molar-refractivity contribution in [2.24, 2.45) is 0 Å². The molecule has 0 aliphatic heterocycles. The first kappa shape index (κ1) is 42.0. The summed E-state index contributed by atoms with van der Waals surface area (Å²) in [7, 11) is 0. The van der Waals surface area contributed by atoms with Gasteiger partial charge in [0.1, 0.15) is 28.5 Å². The summed E-state index contributed by atoms with van der Waals surface area (Å²) in [6.45, 7) is 1.18. The largest absolute Gasteiger partial charge is 0.493 e. The van der Waals surface area contributed by atoms with Crippen LogP contribution in [0, 0.1) is 0 Å². The molecule has 0 spiro atoms. The van der Waals surface area contributed by atoms with Gasteiger partial charge in [-0.3, -0.25) is 14.8 Å². The van der Waals surface area contributed by atoms with Crippen LogP contribution in [0.4, 0.5) is 5.69 Å². The van der Waals surface area contributed by atoms with E-state index in [1.807, 2.05) is 34.1 Å². The predicted octanol–water partition coefficient (Wildman–Crippen LogP) is 5.06. The minimum atomic E-state index is -1.19. The number of carboxylic acid groups (broad SMARTS) is 4. The lowest BCUT2D eigenvalue weighted by Crippen LogP contribution is -2.26. The number of aromatic carboxylic acids is 4. The van der Waals surface area contributed by atoms with Gasteiger partial charge in [0.05, 0.1) is 40.8 Å². The molecule has 17 heteroatoms. The van der Waals surface area contributed by atoms with E-state index in [2.05, 4.69) is 19.9 Å². The van der Waals surface area contributed by atoms with Gasteiger partial charge in [0.2, 0.25) is 0 Å². The summed E-state index contributed by atoms with van der Waals surface area (Å²) in [5.41, 5.74) is 9.82. The van der Waals surface area contributed by atoms with Crippen LogP contribution in [0.1, 0.15) is 81.7 Å². The minimum absolute atomic E-state index is 0.137. The lowest BCUT2D eigenvalue weighted by Gasteiger charge is -2.24. The van der Waals surface area contributed by atoms with Crippen molar-refractivity contribution in [2.75, 3.05) is 12.3 Å². The standard InChI is InChI=1S/C43H40N8O9/c44-28-15-13-27(14-16-28)17-18-60-35-19-33(25-50(21-29-5-1-9-36(46-29)40(52)53)22-30-6-2-10-37(47-30)41(54)55)45-34(20-35)26-51(23-31-7-3-11-38(48-31)42(56)57)24-32-8-4-12-39(49-32)43(58)59/h1-16,19-20H,17-18,21-26,44H2,(H,52,53)(H,54,55)(H,56,57)(H,58,59). The Morgan fingerprint density at radius 1 is 0.467 bits per heavy atom. The number of benzene rings is 1. The van der Waals surface area contributed by atoms with E-state index in [-0.39, 0.29) is 62.0 Å². The van der Waals surface area contributed by atoms with Crippen LogP contribution in [0.2, 0.25) is 0 Å². The molecule has 6 N–H and O–H groups in total. The average molecular weight is 813 g/mol. The van der Waals surface area contributed by atoms with Gasteiger partial charge in [-0.05, 0) is 66.2 Å². The average Bonchev–Trinajstić information content (AvgIpc) is 3.22. The Bertz CT molecular complexity index is 2240. The van der Waals surface area contributed by atoms with Gasteiger partial charge in [0, 0.05) is 63.5 Å². The quantitative estimate of drug-likeness (QED) is 0.0631. The second kappa shape index (κ2) is 19.7. The van der Waals surface area contributed by atoms with Crippen LogP contribution in [-0.2, 0) is 45.7 Å². The van der Waals surface area contributed by atoms with E-state index in [0.29, 0.717) is 58.6 Å². The van der Waals surface area contributed by atoms with Gasteiger partial charge in [-0.25, -0.2) is 39.1 Å². The first-order chi connectivity index (χ1) is 28.9. The molecule has 0 aliphatic rings. The molecule has 0 atom stereocenters. The third-order valence-corrected chi connectivity index (χ3v) is 8.96. The summed E-state index contributed by atoms with van der Waals surface area (Å²) >= 11 is 0. The molecule has 6 rings (SSSR count). The van der Waals surface area contributed by atoms with Crippen molar-refractivity contribution >= 4 is 29.6 Å². The number of ether oxygens (including phenoxy) is 1. The molecule has 0 aliphatic carbocycles. The summed E-state index contributed by atoms with van der Waals surface area (Å²) < 4.78 is 6.31. The molecule has 0 saturated carbocycles. The number of nitrogens with two attached hydrogens (primary N) is 1. The Balaban J connectivity index is 1.36.